The molecule has 18 heavy (non-hydrogen) atoms. The molecule has 6 heteroatoms. The fourth-order valence-electron chi connectivity index (χ4n) is 1.99. The molecule has 0 radical (unpaired) electrons. The minimum absolute atomic E-state index is 0.0465. The Hall–Kier alpha value is -2.20. The van der Waals surface area contributed by atoms with E-state index in [1.54, 1.807) is 4.90 Å². The van der Waals surface area contributed by atoms with E-state index in [1.165, 1.54) is 0 Å². The molecule has 0 saturated carbocycles. The van der Waals surface area contributed by atoms with Gasteiger partial charge in [0.2, 0.25) is 0 Å². The summed E-state index contributed by atoms with van der Waals surface area (Å²) in [6, 6.07) is 9.70. The van der Waals surface area contributed by atoms with E-state index in [0.29, 0.717) is 6.54 Å². The third-order valence-electron chi connectivity index (χ3n) is 3.00. The lowest BCUT2D eigenvalue weighted by Gasteiger charge is -2.22. The van der Waals surface area contributed by atoms with Gasteiger partial charge in [0.15, 0.2) is 0 Å². The molecule has 1 aliphatic rings. The van der Waals surface area contributed by atoms with E-state index in [9.17, 15) is 4.79 Å². The molecular weight excluding hydrogens is 232 g/mol. The quantitative estimate of drug-likeness (QED) is 0.465. The monoisotopic (exact) mass is 246 g/mol. The van der Waals surface area contributed by atoms with Crippen molar-refractivity contribution in [1.82, 2.24) is 4.90 Å². The lowest BCUT2D eigenvalue weighted by atomic mass is 10.1. The number of carbonyl (C=O) groups excluding carboxylic acids is 1. The van der Waals surface area contributed by atoms with Crippen LogP contribution in [0.3, 0.4) is 0 Å². The number of amides is 1. The van der Waals surface area contributed by atoms with Crippen molar-refractivity contribution in [2.24, 2.45) is 5.11 Å². The van der Waals surface area contributed by atoms with E-state index in [4.69, 9.17) is 10.3 Å². The van der Waals surface area contributed by atoms with Gasteiger partial charge in [0.25, 0.3) is 0 Å². The molecule has 1 amide bonds. The lowest BCUT2D eigenvalue weighted by Crippen LogP contribution is -2.28. The Balaban J connectivity index is 2.05. The van der Waals surface area contributed by atoms with Crippen molar-refractivity contribution in [3.8, 4) is 0 Å². The third-order valence-corrected chi connectivity index (χ3v) is 3.00. The number of benzene rings is 1. The molecule has 0 spiro atoms. The van der Waals surface area contributed by atoms with Crippen LogP contribution in [0.15, 0.2) is 35.4 Å². The van der Waals surface area contributed by atoms with Crippen LogP contribution in [-0.2, 0) is 4.74 Å². The van der Waals surface area contributed by atoms with Gasteiger partial charge in [0.05, 0.1) is 19.1 Å². The van der Waals surface area contributed by atoms with E-state index in [0.717, 1.165) is 5.56 Å². The highest BCUT2D eigenvalue weighted by Gasteiger charge is 2.34. The number of ether oxygens (including phenoxy) is 1. The van der Waals surface area contributed by atoms with Gasteiger partial charge in [-0.3, -0.25) is 4.90 Å². The van der Waals surface area contributed by atoms with Gasteiger partial charge in [-0.15, -0.1) is 0 Å². The molecule has 6 nitrogen and oxygen atoms in total. The number of carbonyl (C=O) groups is 1. The van der Waals surface area contributed by atoms with E-state index in [-0.39, 0.29) is 24.8 Å². The van der Waals surface area contributed by atoms with Crippen molar-refractivity contribution >= 4 is 6.09 Å². The standard InChI is InChI=1S/C12H14N4O2/c1-9(10-5-3-2-4-6-10)16-8-11(7-14-15-13)18-12(16)17/h2-6,9,11H,7-8H2,1H3/t9-,11+/m1/s1. The zero-order valence-corrected chi connectivity index (χ0v) is 10.1. The highest BCUT2D eigenvalue weighted by molar-refractivity contribution is 5.70. The molecule has 1 heterocycles. The summed E-state index contributed by atoms with van der Waals surface area (Å²) in [4.78, 5) is 16.0. The predicted molar refractivity (Wildman–Crippen MR) is 65.8 cm³/mol. The summed E-state index contributed by atoms with van der Waals surface area (Å²) in [5.74, 6) is 0. The Labute approximate surface area is 105 Å². The molecule has 2 rings (SSSR count). The fourth-order valence-corrected chi connectivity index (χ4v) is 1.99. The first kappa shape index (κ1) is 12.3. The summed E-state index contributed by atoms with van der Waals surface area (Å²) in [5, 5.41) is 3.43. The molecular formula is C12H14N4O2. The normalized spacial score (nSPS) is 20.2. The van der Waals surface area contributed by atoms with Gasteiger partial charge in [-0.1, -0.05) is 35.4 Å². The minimum atomic E-state index is -0.357. The van der Waals surface area contributed by atoms with Crippen LogP contribution < -0.4 is 0 Å². The Morgan fingerprint density at radius 2 is 2.28 bits per heavy atom. The second-order valence-corrected chi connectivity index (χ2v) is 4.16. The molecule has 0 aromatic heterocycles. The van der Waals surface area contributed by atoms with Crippen molar-refractivity contribution in [1.29, 1.82) is 0 Å². The molecule has 1 aromatic rings. The van der Waals surface area contributed by atoms with Gasteiger partial charge in [-0.2, -0.15) is 0 Å². The van der Waals surface area contributed by atoms with Crippen LogP contribution in [0.2, 0.25) is 0 Å². The SMILES string of the molecule is C[C@H](c1ccccc1)N1C[C@H](CN=[N+]=[N-])OC1=O. The molecule has 1 fully saturated rings. The maximum atomic E-state index is 11.7. The van der Waals surface area contributed by atoms with Crippen LogP contribution in [0.1, 0.15) is 18.5 Å². The predicted octanol–water partition coefficient (Wildman–Crippen LogP) is 2.88. The van der Waals surface area contributed by atoms with Crippen molar-refractivity contribution in [3.05, 3.63) is 46.3 Å². The van der Waals surface area contributed by atoms with Crippen molar-refractivity contribution in [2.75, 3.05) is 13.1 Å². The Kier molecular flexibility index (Phi) is 3.69. The second-order valence-electron chi connectivity index (χ2n) is 4.16. The first-order chi connectivity index (χ1) is 8.72. The van der Waals surface area contributed by atoms with Crippen molar-refractivity contribution in [2.45, 2.75) is 19.1 Å². The zero-order valence-electron chi connectivity index (χ0n) is 10.1. The number of hydrogen-bond donors (Lipinski definition) is 0. The number of azide groups is 1. The summed E-state index contributed by atoms with van der Waals surface area (Å²) in [6.07, 6.45) is -0.705. The number of nitrogens with zero attached hydrogens (tertiary/aromatic N) is 4. The maximum absolute atomic E-state index is 11.7. The largest absolute Gasteiger partial charge is 0.444 e. The van der Waals surface area contributed by atoms with Crippen LogP contribution >= 0.6 is 0 Å². The van der Waals surface area contributed by atoms with Crippen LogP contribution in [0, 0.1) is 0 Å². The Morgan fingerprint density at radius 1 is 1.56 bits per heavy atom. The molecule has 94 valence electrons. The van der Waals surface area contributed by atoms with Gasteiger partial charge in [-0.25, -0.2) is 4.79 Å². The molecule has 1 aromatic carbocycles. The first-order valence-corrected chi connectivity index (χ1v) is 5.75. The van der Waals surface area contributed by atoms with Crippen molar-refractivity contribution < 1.29 is 9.53 Å². The smallest absolute Gasteiger partial charge is 0.410 e. The summed E-state index contributed by atoms with van der Waals surface area (Å²) < 4.78 is 5.14. The molecule has 1 aliphatic heterocycles. The molecule has 0 unspecified atom stereocenters. The summed E-state index contributed by atoms with van der Waals surface area (Å²) in [6.45, 7) is 2.58. The number of rotatable bonds is 4. The summed E-state index contributed by atoms with van der Waals surface area (Å²) >= 11 is 0. The van der Waals surface area contributed by atoms with E-state index in [2.05, 4.69) is 10.0 Å². The highest BCUT2D eigenvalue weighted by atomic mass is 16.6. The number of hydrogen-bond acceptors (Lipinski definition) is 3. The van der Waals surface area contributed by atoms with Crippen LogP contribution in [0.5, 0.6) is 0 Å². The average Bonchev–Trinajstić information content (AvgIpc) is 2.78. The van der Waals surface area contributed by atoms with Crippen LogP contribution in [0.25, 0.3) is 10.4 Å². The van der Waals surface area contributed by atoms with Gasteiger partial charge >= 0.3 is 6.09 Å². The van der Waals surface area contributed by atoms with Crippen LogP contribution in [-0.4, -0.2) is 30.2 Å². The summed E-state index contributed by atoms with van der Waals surface area (Å²) in [5.41, 5.74) is 9.30. The Morgan fingerprint density at radius 3 is 2.94 bits per heavy atom. The van der Waals surface area contributed by atoms with Crippen molar-refractivity contribution in [3.63, 3.8) is 0 Å². The maximum Gasteiger partial charge on any atom is 0.410 e. The molecule has 1 saturated heterocycles. The van der Waals surface area contributed by atoms with E-state index >= 15 is 0 Å². The van der Waals surface area contributed by atoms with Gasteiger partial charge in [0, 0.05) is 4.91 Å². The summed E-state index contributed by atoms with van der Waals surface area (Å²) in [7, 11) is 0. The van der Waals surface area contributed by atoms with E-state index < -0.39 is 0 Å². The van der Waals surface area contributed by atoms with Crippen LogP contribution in [0.4, 0.5) is 4.79 Å². The zero-order chi connectivity index (χ0) is 13.0. The minimum Gasteiger partial charge on any atom is -0.444 e. The fraction of sp³-hybridized carbons (Fsp3) is 0.417. The lowest BCUT2D eigenvalue weighted by molar-refractivity contribution is 0.131. The van der Waals surface area contributed by atoms with Gasteiger partial charge in [0.1, 0.15) is 6.10 Å². The highest BCUT2D eigenvalue weighted by Crippen LogP contribution is 2.25. The molecule has 0 N–H and O–H groups in total. The van der Waals surface area contributed by atoms with E-state index in [1.807, 2.05) is 37.3 Å². The topological polar surface area (TPSA) is 78.3 Å². The average molecular weight is 246 g/mol. The molecule has 0 bridgehead atoms. The first-order valence-electron chi connectivity index (χ1n) is 5.75. The molecule has 2 atom stereocenters. The Bertz CT molecular complexity index is 470. The second kappa shape index (κ2) is 5.42. The third kappa shape index (κ3) is 2.55. The number of cyclic esters (lactones) is 1. The van der Waals surface area contributed by atoms with Gasteiger partial charge < -0.3 is 4.74 Å². The van der Waals surface area contributed by atoms with Gasteiger partial charge in [-0.05, 0) is 18.0 Å². The molecule has 0 aliphatic carbocycles.